The monoisotopic (exact) mass is 298 g/mol. The second kappa shape index (κ2) is 5.85. The Hall–Kier alpha value is -0.530. The van der Waals surface area contributed by atoms with Crippen LogP contribution in [-0.2, 0) is 0 Å². The number of halogens is 7. The molecule has 1 N–H and O–H groups in total. The van der Waals surface area contributed by atoms with Crippen LogP contribution in [0.4, 0.5) is 30.7 Å². The van der Waals surface area contributed by atoms with Crippen molar-refractivity contribution in [3.8, 4) is 0 Å². The van der Waals surface area contributed by atoms with Crippen molar-refractivity contribution in [3.05, 3.63) is 0 Å². The van der Waals surface area contributed by atoms with E-state index in [4.69, 9.17) is 0 Å². The zero-order chi connectivity index (χ0) is 15.5. The van der Waals surface area contributed by atoms with Crippen LogP contribution in [0.15, 0.2) is 0 Å². The van der Waals surface area contributed by atoms with Gasteiger partial charge in [0.15, 0.2) is 0 Å². The number of hydrogen-bond acceptors (Lipinski definition) is 1. The third-order valence-corrected chi connectivity index (χ3v) is 2.74. The molecule has 1 nitrogen and oxygen atoms in total. The van der Waals surface area contributed by atoms with E-state index in [2.05, 4.69) is 0 Å². The Labute approximate surface area is 106 Å². The van der Waals surface area contributed by atoms with Crippen LogP contribution in [0.5, 0.6) is 0 Å². The number of rotatable bonds is 7. The van der Waals surface area contributed by atoms with Gasteiger partial charge in [0.05, 0.1) is 5.60 Å². The Balaban J connectivity index is 4.84. The lowest BCUT2D eigenvalue weighted by Gasteiger charge is -2.33. The second-order valence-electron chi connectivity index (χ2n) is 4.91. The molecule has 0 amide bonds. The summed E-state index contributed by atoms with van der Waals surface area (Å²) >= 11 is 0. The van der Waals surface area contributed by atoms with E-state index >= 15 is 0 Å². The van der Waals surface area contributed by atoms with Gasteiger partial charge in [-0.25, -0.2) is 0 Å². The van der Waals surface area contributed by atoms with Crippen molar-refractivity contribution in [1.82, 2.24) is 0 Å². The summed E-state index contributed by atoms with van der Waals surface area (Å²) in [6.45, 7) is 2.63. The number of hydrogen-bond donors (Lipinski definition) is 1. The SMILES string of the molecule is CCCCCC(C)(O)CC(F)(F)C(F)(F)C(F)(F)F. The summed E-state index contributed by atoms with van der Waals surface area (Å²) in [6.07, 6.45) is -7.00. The van der Waals surface area contributed by atoms with E-state index in [-0.39, 0.29) is 12.8 Å². The largest absolute Gasteiger partial charge is 0.459 e. The normalized spacial score (nSPS) is 17.4. The van der Waals surface area contributed by atoms with Crippen molar-refractivity contribution in [2.24, 2.45) is 0 Å². The molecule has 0 fully saturated rings. The van der Waals surface area contributed by atoms with Crippen molar-refractivity contribution in [3.63, 3.8) is 0 Å². The van der Waals surface area contributed by atoms with Crippen molar-refractivity contribution in [2.75, 3.05) is 0 Å². The number of alkyl halides is 7. The summed E-state index contributed by atoms with van der Waals surface area (Å²) in [5, 5.41) is 9.53. The molecule has 8 heteroatoms. The van der Waals surface area contributed by atoms with Gasteiger partial charge in [0.2, 0.25) is 0 Å². The molecule has 0 aliphatic rings. The summed E-state index contributed by atoms with van der Waals surface area (Å²) in [6, 6.07) is 0. The topological polar surface area (TPSA) is 20.2 Å². The molecule has 0 saturated heterocycles. The highest BCUT2D eigenvalue weighted by Gasteiger charge is 2.73. The molecular formula is C11H17F7O. The van der Waals surface area contributed by atoms with E-state index in [1.807, 2.05) is 0 Å². The Morgan fingerprint density at radius 1 is 0.895 bits per heavy atom. The van der Waals surface area contributed by atoms with Gasteiger partial charge in [0.1, 0.15) is 0 Å². The van der Waals surface area contributed by atoms with Gasteiger partial charge >= 0.3 is 18.0 Å². The van der Waals surface area contributed by atoms with Gasteiger partial charge in [0, 0.05) is 6.42 Å². The van der Waals surface area contributed by atoms with Gasteiger partial charge in [0.25, 0.3) is 0 Å². The van der Waals surface area contributed by atoms with Gasteiger partial charge in [-0.15, -0.1) is 0 Å². The first-order valence-electron chi connectivity index (χ1n) is 5.81. The molecule has 19 heavy (non-hydrogen) atoms. The van der Waals surface area contributed by atoms with E-state index in [0.29, 0.717) is 12.8 Å². The van der Waals surface area contributed by atoms with Crippen LogP contribution in [0.3, 0.4) is 0 Å². The summed E-state index contributed by atoms with van der Waals surface area (Å²) in [4.78, 5) is 0. The van der Waals surface area contributed by atoms with Gasteiger partial charge < -0.3 is 5.11 Å². The van der Waals surface area contributed by atoms with E-state index in [0.717, 1.165) is 6.92 Å². The second-order valence-corrected chi connectivity index (χ2v) is 4.91. The van der Waals surface area contributed by atoms with Crippen LogP contribution >= 0.6 is 0 Å². The van der Waals surface area contributed by atoms with Crippen LogP contribution in [0, 0.1) is 0 Å². The molecular weight excluding hydrogens is 281 g/mol. The summed E-state index contributed by atoms with van der Waals surface area (Å²) in [7, 11) is 0. The molecule has 0 rings (SSSR count). The van der Waals surface area contributed by atoms with Crippen molar-refractivity contribution < 1.29 is 35.8 Å². The van der Waals surface area contributed by atoms with Gasteiger partial charge in [-0.1, -0.05) is 26.2 Å². The van der Waals surface area contributed by atoms with E-state index < -0.39 is 30.0 Å². The molecule has 0 aromatic carbocycles. The maximum absolute atomic E-state index is 13.1. The Bertz CT molecular complexity index is 283. The van der Waals surface area contributed by atoms with Crippen LogP contribution in [0.1, 0.15) is 46.0 Å². The lowest BCUT2D eigenvalue weighted by Crippen LogP contribution is -2.54. The molecule has 0 aliphatic carbocycles. The Morgan fingerprint density at radius 2 is 1.37 bits per heavy atom. The average Bonchev–Trinajstić information content (AvgIpc) is 2.13. The highest BCUT2D eigenvalue weighted by Crippen LogP contribution is 2.49. The molecule has 0 bridgehead atoms. The average molecular weight is 298 g/mol. The minimum atomic E-state index is -6.35. The Kier molecular flexibility index (Phi) is 5.68. The number of unbranched alkanes of at least 4 members (excludes halogenated alkanes) is 2. The molecule has 0 aromatic rings. The smallest absolute Gasteiger partial charge is 0.390 e. The third-order valence-electron chi connectivity index (χ3n) is 2.74. The van der Waals surface area contributed by atoms with Gasteiger partial charge in [-0.05, 0) is 13.3 Å². The first-order valence-corrected chi connectivity index (χ1v) is 5.81. The molecule has 1 unspecified atom stereocenters. The van der Waals surface area contributed by atoms with E-state index in [1.165, 1.54) is 0 Å². The van der Waals surface area contributed by atoms with Crippen LogP contribution in [0.2, 0.25) is 0 Å². The van der Waals surface area contributed by atoms with Crippen LogP contribution in [-0.4, -0.2) is 28.7 Å². The molecule has 116 valence electrons. The molecule has 0 aliphatic heterocycles. The lowest BCUT2D eigenvalue weighted by atomic mass is 9.89. The zero-order valence-electron chi connectivity index (χ0n) is 10.6. The fourth-order valence-electron chi connectivity index (χ4n) is 1.64. The van der Waals surface area contributed by atoms with E-state index in [1.54, 1.807) is 6.92 Å². The summed E-state index contributed by atoms with van der Waals surface area (Å²) < 4.78 is 87.1. The maximum Gasteiger partial charge on any atom is 0.459 e. The summed E-state index contributed by atoms with van der Waals surface area (Å²) in [5.41, 5.74) is -2.27. The highest BCUT2D eigenvalue weighted by molar-refractivity contribution is 4.95. The van der Waals surface area contributed by atoms with E-state index in [9.17, 15) is 35.8 Å². The van der Waals surface area contributed by atoms with Crippen LogP contribution < -0.4 is 0 Å². The van der Waals surface area contributed by atoms with Crippen molar-refractivity contribution >= 4 is 0 Å². The molecule has 1 atom stereocenters. The fraction of sp³-hybridized carbons (Fsp3) is 1.00. The quantitative estimate of drug-likeness (QED) is 0.540. The van der Waals surface area contributed by atoms with Crippen molar-refractivity contribution in [2.45, 2.75) is 69.6 Å². The molecule has 0 aromatic heterocycles. The highest BCUT2D eigenvalue weighted by atomic mass is 19.4. The minimum absolute atomic E-state index is 0.260. The third kappa shape index (κ3) is 4.81. The van der Waals surface area contributed by atoms with Crippen LogP contribution in [0.25, 0.3) is 0 Å². The molecule has 0 saturated carbocycles. The fourth-order valence-corrected chi connectivity index (χ4v) is 1.64. The first kappa shape index (κ1) is 18.5. The minimum Gasteiger partial charge on any atom is -0.390 e. The predicted octanol–water partition coefficient (Wildman–Crippen LogP) is 4.54. The molecule has 0 heterocycles. The first-order chi connectivity index (χ1) is 8.27. The zero-order valence-corrected chi connectivity index (χ0v) is 10.6. The van der Waals surface area contributed by atoms with Gasteiger partial charge in [-0.2, -0.15) is 30.7 Å². The maximum atomic E-state index is 13.1. The Morgan fingerprint density at radius 3 is 1.74 bits per heavy atom. The number of aliphatic hydroxyl groups is 1. The molecule has 0 radical (unpaired) electrons. The summed E-state index contributed by atoms with van der Waals surface area (Å²) in [5.74, 6) is -11.5. The molecule has 0 spiro atoms. The van der Waals surface area contributed by atoms with Gasteiger partial charge in [-0.3, -0.25) is 0 Å². The predicted molar refractivity (Wildman–Crippen MR) is 55.3 cm³/mol. The van der Waals surface area contributed by atoms with Crippen molar-refractivity contribution in [1.29, 1.82) is 0 Å². The lowest BCUT2D eigenvalue weighted by molar-refractivity contribution is -0.361. The standard InChI is InChI=1S/C11H17F7O/c1-3-4-5-6-8(2,19)7-9(12,13)10(14,15)11(16,17)18/h19H,3-7H2,1-2H3.